The molecule has 2 aromatic carbocycles. The van der Waals surface area contributed by atoms with Crippen molar-refractivity contribution < 1.29 is 18.0 Å². The number of carbonyl (C=O) groups excluding carboxylic acids is 2. The lowest BCUT2D eigenvalue weighted by molar-refractivity contribution is -0.139. The van der Waals surface area contributed by atoms with Crippen LogP contribution in [-0.2, 0) is 26.0 Å². The van der Waals surface area contributed by atoms with E-state index in [1.54, 1.807) is 24.3 Å². The predicted octanol–water partition coefficient (Wildman–Crippen LogP) is 2.01. The van der Waals surface area contributed by atoms with E-state index in [0.29, 0.717) is 19.5 Å². The Hall–Kier alpha value is -2.71. The molecule has 1 saturated heterocycles. The van der Waals surface area contributed by atoms with Gasteiger partial charge in [0.05, 0.1) is 10.9 Å². The fraction of sp³-hybridized carbons (Fsp3) is 0.364. The summed E-state index contributed by atoms with van der Waals surface area (Å²) in [5.74, 6) is -1.37. The molecule has 160 valence electrons. The van der Waals surface area contributed by atoms with Gasteiger partial charge >= 0.3 is 11.8 Å². The molecule has 7 nitrogen and oxygen atoms in total. The minimum absolute atomic E-state index is 0.269. The van der Waals surface area contributed by atoms with E-state index in [2.05, 4.69) is 10.6 Å². The van der Waals surface area contributed by atoms with Crippen molar-refractivity contribution in [1.29, 1.82) is 0 Å². The maximum Gasteiger partial charge on any atom is 0.309 e. The normalized spacial score (nSPS) is 15.5. The molecule has 0 aliphatic carbocycles. The van der Waals surface area contributed by atoms with E-state index in [0.717, 1.165) is 24.0 Å². The second kappa shape index (κ2) is 9.86. The average molecular weight is 430 g/mol. The molecule has 1 atom stereocenters. The fourth-order valence-corrected chi connectivity index (χ4v) is 4.91. The summed E-state index contributed by atoms with van der Waals surface area (Å²) in [6.45, 7) is 3.24. The van der Waals surface area contributed by atoms with Crippen LogP contribution in [0.5, 0.6) is 0 Å². The molecule has 0 radical (unpaired) electrons. The minimum Gasteiger partial charge on any atom is -0.348 e. The number of carbonyl (C=O) groups is 2. The Balaban J connectivity index is 1.46. The SMILES string of the molecule is C[C@H](NC(=O)C(=O)NCCc1ccc(S(=O)(=O)N2CCCC2)cc1)c1ccccc1. The molecule has 0 saturated carbocycles. The highest BCUT2D eigenvalue weighted by Gasteiger charge is 2.26. The Kier molecular flexibility index (Phi) is 7.23. The van der Waals surface area contributed by atoms with Gasteiger partial charge in [0, 0.05) is 19.6 Å². The van der Waals surface area contributed by atoms with E-state index < -0.39 is 21.8 Å². The second-order valence-corrected chi connectivity index (χ2v) is 9.30. The molecule has 1 fully saturated rings. The highest BCUT2D eigenvalue weighted by Crippen LogP contribution is 2.21. The molecule has 30 heavy (non-hydrogen) atoms. The largest absolute Gasteiger partial charge is 0.348 e. The Morgan fingerprint density at radius 2 is 1.60 bits per heavy atom. The van der Waals surface area contributed by atoms with Crippen molar-refractivity contribution in [2.45, 2.75) is 37.1 Å². The minimum atomic E-state index is -3.42. The molecule has 1 heterocycles. The van der Waals surface area contributed by atoms with Crippen LogP contribution in [0.3, 0.4) is 0 Å². The molecule has 2 amide bonds. The number of benzene rings is 2. The number of nitrogens with one attached hydrogen (secondary N) is 2. The summed E-state index contributed by atoms with van der Waals surface area (Å²) in [7, 11) is -3.42. The van der Waals surface area contributed by atoms with Gasteiger partial charge in [0.1, 0.15) is 0 Å². The van der Waals surface area contributed by atoms with Crippen LogP contribution in [0, 0.1) is 0 Å². The number of nitrogens with zero attached hydrogens (tertiary/aromatic N) is 1. The van der Waals surface area contributed by atoms with Crippen LogP contribution in [0.15, 0.2) is 59.5 Å². The van der Waals surface area contributed by atoms with Gasteiger partial charge in [-0.3, -0.25) is 9.59 Å². The smallest absolute Gasteiger partial charge is 0.309 e. The molecule has 8 heteroatoms. The number of sulfonamides is 1. The predicted molar refractivity (Wildman–Crippen MR) is 114 cm³/mol. The summed E-state index contributed by atoms with van der Waals surface area (Å²) in [6.07, 6.45) is 2.29. The van der Waals surface area contributed by atoms with Crippen molar-refractivity contribution in [2.75, 3.05) is 19.6 Å². The van der Waals surface area contributed by atoms with E-state index in [-0.39, 0.29) is 17.5 Å². The lowest BCUT2D eigenvalue weighted by atomic mass is 10.1. The molecule has 2 N–H and O–H groups in total. The van der Waals surface area contributed by atoms with E-state index in [1.165, 1.54) is 4.31 Å². The average Bonchev–Trinajstić information content (AvgIpc) is 3.30. The van der Waals surface area contributed by atoms with Crippen molar-refractivity contribution in [2.24, 2.45) is 0 Å². The molecule has 3 rings (SSSR count). The topological polar surface area (TPSA) is 95.6 Å². The van der Waals surface area contributed by atoms with E-state index in [9.17, 15) is 18.0 Å². The summed E-state index contributed by atoms with van der Waals surface area (Å²) in [5.41, 5.74) is 1.80. The lowest BCUT2D eigenvalue weighted by Crippen LogP contribution is -2.41. The van der Waals surface area contributed by atoms with Gasteiger partial charge in [-0.15, -0.1) is 0 Å². The Morgan fingerprint density at radius 3 is 2.23 bits per heavy atom. The summed E-state index contributed by atoms with van der Waals surface area (Å²) >= 11 is 0. The standard InChI is InChI=1S/C22H27N3O4S/c1-17(19-7-3-2-4-8-19)24-22(27)21(26)23-14-13-18-9-11-20(12-10-18)30(28,29)25-15-5-6-16-25/h2-4,7-12,17H,5-6,13-16H2,1H3,(H,23,26)(H,24,27)/t17-/m0/s1. The third-order valence-electron chi connectivity index (χ3n) is 5.18. The van der Waals surface area contributed by atoms with Gasteiger partial charge in [0.25, 0.3) is 0 Å². The first-order valence-electron chi connectivity index (χ1n) is 10.1. The molecule has 2 aromatic rings. The van der Waals surface area contributed by atoms with Crippen LogP contribution >= 0.6 is 0 Å². The van der Waals surface area contributed by atoms with Crippen molar-refractivity contribution in [3.63, 3.8) is 0 Å². The van der Waals surface area contributed by atoms with Crippen LogP contribution in [0.1, 0.15) is 36.9 Å². The maximum absolute atomic E-state index is 12.5. The third kappa shape index (κ3) is 5.46. The number of hydrogen-bond acceptors (Lipinski definition) is 4. The van der Waals surface area contributed by atoms with Gasteiger partial charge in [-0.1, -0.05) is 42.5 Å². The molecule has 0 bridgehead atoms. The van der Waals surface area contributed by atoms with Crippen molar-refractivity contribution in [3.05, 3.63) is 65.7 Å². The van der Waals surface area contributed by atoms with Gasteiger partial charge in [-0.2, -0.15) is 4.31 Å². The van der Waals surface area contributed by atoms with Gasteiger partial charge in [-0.25, -0.2) is 8.42 Å². The molecule has 0 spiro atoms. The fourth-order valence-electron chi connectivity index (χ4n) is 3.39. The quantitative estimate of drug-likeness (QED) is 0.658. The molecule has 1 aliphatic rings. The maximum atomic E-state index is 12.5. The molecular formula is C22H27N3O4S. The van der Waals surface area contributed by atoms with Gasteiger partial charge < -0.3 is 10.6 Å². The number of amides is 2. The first-order valence-corrected chi connectivity index (χ1v) is 11.5. The van der Waals surface area contributed by atoms with Crippen molar-refractivity contribution in [1.82, 2.24) is 14.9 Å². The molecule has 0 aromatic heterocycles. The monoisotopic (exact) mass is 429 g/mol. The zero-order valence-electron chi connectivity index (χ0n) is 17.0. The zero-order chi connectivity index (χ0) is 21.6. The summed E-state index contributed by atoms with van der Waals surface area (Å²) in [4.78, 5) is 24.4. The van der Waals surface area contributed by atoms with Crippen LogP contribution in [0.2, 0.25) is 0 Å². The Labute approximate surface area is 177 Å². The van der Waals surface area contributed by atoms with Crippen LogP contribution in [0.25, 0.3) is 0 Å². The Morgan fingerprint density at radius 1 is 0.967 bits per heavy atom. The van der Waals surface area contributed by atoms with E-state index in [1.807, 2.05) is 37.3 Å². The van der Waals surface area contributed by atoms with E-state index >= 15 is 0 Å². The second-order valence-electron chi connectivity index (χ2n) is 7.37. The van der Waals surface area contributed by atoms with E-state index in [4.69, 9.17) is 0 Å². The third-order valence-corrected chi connectivity index (χ3v) is 7.09. The first kappa shape index (κ1) is 22.0. The van der Waals surface area contributed by atoms with Gasteiger partial charge in [-0.05, 0) is 49.4 Å². The van der Waals surface area contributed by atoms with Crippen LogP contribution in [-0.4, -0.2) is 44.2 Å². The lowest BCUT2D eigenvalue weighted by Gasteiger charge is -2.15. The Bertz CT molecular complexity index is 969. The first-order chi connectivity index (χ1) is 14.4. The van der Waals surface area contributed by atoms with Gasteiger partial charge in [0.2, 0.25) is 10.0 Å². The molecule has 0 unspecified atom stereocenters. The van der Waals surface area contributed by atoms with Gasteiger partial charge in [0.15, 0.2) is 0 Å². The van der Waals surface area contributed by atoms with Crippen molar-refractivity contribution in [3.8, 4) is 0 Å². The van der Waals surface area contributed by atoms with Crippen LogP contribution in [0.4, 0.5) is 0 Å². The molecular weight excluding hydrogens is 402 g/mol. The van der Waals surface area contributed by atoms with Crippen LogP contribution < -0.4 is 10.6 Å². The van der Waals surface area contributed by atoms with Crippen molar-refractivity contribution >= 4 is 21.8 Å². The summed E-state index contributed by atoms with van der Waals surface area (Å²) in [6, 6.07) is 15.8. The number of rotatable bonds is 7. The molecule has 1 aliphatic heterocycles. The number of hydrogen-bond donors (Lipinski definition) is 2. The summed E-state index contributed by atoms with van der Waals surface area (Å²) in [5, 5.41) is 5.27. The summed E-state index contributed by atoms with van der Waals surface area (Å²) < 4.78 is 26.6. The highest BCUT2D eigenvalue weighted by molar-refractivity contribution is 7.89. The highest BCUT2D eigenvalue weighted by atomic mass is 32.2. The zero-order valence-corrected chi connectivity index (χ0v) is 17.8.